The van der Waals surface area contributed by atoms with Crippen molar-refractivity contribution in [1.82, 2.24) is 0 Å². The van der Waals surface area contributed by atoms with Crippen molar-refractivity contribution < 1.29 is 28.6 Å². The summed E-state index contributed by atoms with van der Waals surface area (Å²) in [5, 5.41) is 0. The molecule has 0 N–H and O–H groups in total. The van der Waals surface area contributed by atoms with Gasteiger partial charge in [-0.3, -0.25) is 14.4 Å². The lowest BCUT2D eigenvalue weighted by Crippen LogP contribution is -2.30. The van der Waals surface area contributed by atoms with Crippen molar-refractivity contribution in [1.29, 1.82) is 0 Å². The van der Waals surface area contributed by atoms with E-state index in [1.54, 1.807) is 0 Å². The van der Waals surface area contributed by atoms with Crippen molar-refractivity contribution in [3.8, 4) is 0 Å². The minimum Gasteiger partial charge on any atom is -0.462 e. The molecule has 0 aromatic heterocycles. The van der Waals surface area contributed by atoms with Crippen LogP contribution in [0.5, 0.6) is 0 Å². The fourth-order valence-corrected chi connectivity index (χ4v) is 10.1. The van der Waals surface area contributed by atoms with Gasteiger partial charge in [0, 0.05) is 19.3 Å². The van der Waals surface area contributed by atoms with Gasteiger partial charge in [0.1, 0.15) is 13.2 Å². The van der Waals surface area contributed by atoms with E-state index in [9.17, 15) is 14.4 Å². The third-order valence-electron chi connectivity index (χ3n) is 15.2. The largest absolute Gasteiger partial charge is 0.462 e. The quantitative estimate of drug-likeness (QED) is 0.0261. The Morgan fingerprint density at radius 1 is 0.256 bits per heavy atom. The summed E-state index contributed by atoms with van der Waals surface area (Å²) in [6.07, 6.45) is 85.1. The second-order valence-corrected chi connectivity index (χ2v) is 23.1. The summed E-state index contributed by atoms with van der Waals surface area (Å²) in [6, 6.07) is 0. The molecule has 6 nitrogen and oxygen atoms in total. The van der Waals surface area contributed by atoms with Crippen molar-refractivity contribution in [3.63, 3.8) is 0 Å². The first-order valence-corrected chi connectivity index (χ1v) is 34.3. The van der Waals surface area contributed by atoms with Gasteiger partial charge in [-0.2, -0.15) is 0 Å². The van der Waals surface area contributed by atoms with E-state index < -0.39 is 6.10 Å². The van der Waals surface area contributed by atoms with Gasteiger partial charge < -0.3 is 14.2 Å². The predicted octanol–water partition coefficient (Wildman–Crippen LogP) is 23.5. The number of rotatable bonds is 63. The second kappa shape index (κ2) is 66.6. The first-order chi connectivity index (χ1) is 38.5. The maximum atomic E-state index is 13.0. The average molecular weight is 1090 g/mol. The number of hydrogen-bond acceptors (Lipinski definition) is 6. The van der Waals surface area contributed by atoms with Crippen LogP contribution in [0.25, 0.3) is 0 Å². The van der Waals surface area contributed by atoms with E-state index >= 15 is 0 Å². The second-order valence-electron chi connectivity index (χ2n) is 23.1. The van der Waals surface area contributed by atoms with E-state index in [-0.39, 0.29) is 31.1 Å². The molecule has 1 unspecified atom stereocenters. The van der Waals surface area contributed by atoms with Gasteiger partial charge in [0.2, 0.25) is 0 Å². The van der Waals surface area contributed by atoms with Gasteiger partial charge in [0.25, 0.3) is 0 Å². The fourth-order valence-electron chi connectivity index (χ4n) is 10.1. The number of unbranched alkanes of at least 4 members (excludes halogenated alkanes) is 42. The molecular formula is C72H130O6. The number of carbonyl (C=O) groups excluding carboxylic acids is 3. The van der Waals surface area contributed by atoms with Gasteiger partial charge in [-0.25, -0.2) is 0 Å². The van der Waals surface area contributed by atoms with Crippen molar-refractivity contribution in [2.75, 3.05) is 13.2 Å². The SMILES string of the molecule is CCCCCCC/C=C\C/C=C\C/C=C\CCCCCCCCC(=O)OCC(COC(=O)CCCCCCCCCCCCCCCCCCCC)OC(=O)CCCCCCCCCCC/C=C\C/C=C\CCCCCCC. The van der Waals surface area contributed by atoms with E-state index in [0.717, 1.165) is 83.5 Å². The standard InChI is InChI=1S/C72H130O6/c1-4-7-10-13-16-19-22-25-28-31-34-36-38-41-44-47-50-53-56-59-62-65-71(74)77-68-69(67-76-70(73)64-61-58-55-52-49-46-43-40-33-30-27-24-21-18-15-12-9-6-3)78-72(75)66-63-60-57-54-51-48-45-42-39-37-35-32-29-26-23-20-17-14-11-8-5-2/h22-23,25-26,31-32,34-35,38,41,69H,4-21,24,27-30,33,36-37,39-40,42-68H2,1-3H3/b25-22-,26-23-,34-31-,35-32-,41-38-. The number of ether oxygens (including phenoxy) is 3. The summed E-state index contributed by atoms with van der Waals surface area (Å²) in [7, 11) is 0. The van der Waals surface area contributed by atoms with Crippen molar-refractivity contribution in [2.24, 2.45) is 0 Å². The molecule has 0 aromatic rings. The van der Waals surface area contributed by atoms with Crippen molar-refractivity contribution in [2.45, 2.75) is 367 Å². The van der Waals surface area contributed by atoms with Gasteiger partial charge in [-0.1, -0.05) is 313 Å². The lowest BCUT2D eigenvalue weighted by molar-refractivity contribution is -0.167. The highest BCUT2D eigenvalue weighted by atomic mass is 16.6. The molecule has 0 rings (SSSR count). The molecule has 0 aliphatic rings. The minimum absolute atomic E-state index is 0.0767. The molecule has 0 heterocycles. The molecule has 78 heavy (non-hydrogen) atoms. The van der Waals surface area contributed by atoms with Crippen LogP contribution < -0.4 is 0 Å². The molecule has 0 spiro atoms. The molecular weight excluding hydrogens is 961 g/mol. The highest BCUT2D eigenvalue weighted by Gasteiger charge is 2.19. The molecule has 0 amide bonds. The Morgan fingerprint density at radius 2 is 0.462 bits per heavy atom. The first-order valence-electron chi connectivity index (χ1n) is 34.3. The smallest absolute Gasteiger partial charge is 0.306 e. The summed E-state index contributed by atoms with van der Waals surface area (Å²) >= 11 is 0. The zero-order chi connectivity index (χ0) is 56.4. The molecule has 0 aliphatic carbocycles. The molecule has 0 aromatic carbocycles. The molecule has 0 aliphatic heterocycles. The maximum Gasteiger partial charge on any atom is 0.306 e. The zero-order valence-corrected chi connectivity index (χ0v) is 52.2. The van der Waals surface area contributed by atoms with E-state index in [1.165, 1.54) is 238 Å². The summed E-state index contributed by atoms with van der Waals surface area (Å²) in [5.41, 5.74) is 0. The van der Waals surface area contributed by atoms with Crippen LogP contribution in [0.3, 0.4) is 0 Å². The molecule has 1 atom stereocenters. The van der Waals surface area contributed by atoms with E-state index in [2.05, 4.69) is 81.5 Å². The Kier molecular flexibility index (Phi) is 64.2. The Hall–Kier alpha value is -2.89. The number of esters is 3. The average Bonchev–Trinajstić information content (AvgIpc) is 3.44. The van der Waals surface area contributed by atoms with E-state index in [1.807, 2.05) is 0 Å². The summed E-state index contributed by atoms with van der Waals surface area (Å²) in [4.78, 5) is 38.4. The summed E-state index contributed by atoms with van der Waals surface area (Å²) < 4.78 is 17.0. The zero-order valence-electron chi connectivity index (χ0n) is 52.2. The van der Waals surface area contributed by atoms with Crippen LogP contribution in [-0.2, 0) is 28.6 Å². The van der Waals surface area contributed by atoms with Crippen LogP contribution in [0.1, 0.15) is 361 Å². The lowest BCUT2D eigenvalue weighted by atomic mass is 10.0. The molecule has 6 heteroatoms. The number of carbonyl (C=O) groups is 3. The number of allylic oxidation sites excluding steroid dienone is 10. The Labute approximate surface area is 485 Å². The molecule has 0 radical (unpaired) electrons. The normalized spacial score (nSPS) is 12.4. The molecule has 0 fully saturated rings. The van der Waals surface area contributed by atoms with Crippen LogP contribution in [0, 0.1) is 0 Å². The maximum absolute atomic E-state index is 13.0. The highest BCUT2D eigenvalue weighted by molar-refractivity contribution is 5.71. The van der Waals surface area contributed by atoms with Crippen LogP contribution in [0.15, 0.2) is 60.8 Å². The molecule has 0 saturated heterocycles. The van der Waals surface area contributed by atoms with Crippen LogP contribution in [-0.4, -0.2) is 37.2 Å². The van der Waals surface area contributed by atoms with E-state index in [4.69, 9.17) is 14.2 Å². The predicted molar refractivity (Wildman–Crippen MR) is 339 cm³/mol. The van der Waals surface area contributed by atoms with Crippen LogP contribution >= 0.6 is 0 Å². The minimum atomic E-state index is -0.783. The van der Waals surface area contributed by atoms with Crippen molar-refractivity contribution >= 4 is 17.9 Å². The molecule has 0 saturated carbocycles. The monoisotopic (exact) mass is 1090 g/mol. The van der Waals surface area contributed by atoms with Crippen LogP contribution in [0.2, 0.25) is 0 Å². The third kappa shape index (κ3) is 63.9. The lowest BCUT2D eigenvalue weighted by Gasteiger charge is -2.18. The fraction of sp³-hybridized carbons (Fsp3) is 0.819. The topological polar surface area (TPSA) is 78.9 Å². The van der Waals surface area contributed by atoms with Crippen molar-refractivity contribution in [3.05, 3.63) is 60.8 Å². The van der Waals surface area contributed by atoms with Gasteiger partial charge in [0.05, 0.1) is 0 Å². The van der Waals surface area contributed by atoms with Gasteiger partial charge in [-0.15, -0.1) is 0 Å². The van der Waals surface area contributed by atoms with Gasteiger partial charge in [0.15, 0.2) is 6.10 Å². The van der Waals surface area contributed by atoms with Gasteiger partial charge >= 0.3 is 17.9 Å². The highest BCUT2D eigenvalue weighted by Crippen LogP contribution is 2.17. The molecule has 454 valence electrons. The Morgan fingerprint density at radius 3 is 0.718 bits per heavy atom. The van der Waals surface area contributed by atoms with Crippen LogP contribution in [0.4, 0.5) is 0 Å². The summed E-state index contributed by atoms with van der Waals surface area (Å²) in [5.74, 6) is -0.871. The summed E-state index contributed by atoms with van der Waals surface area (Å²) in [6.45, 7) is 6.66. The Bertz CT molecular complexity index is 1390. The van der Waals surface area contributed by atoms with Gasteiger partial charge in [-0.05, 0) is 89.9 Å². The van der Waals surface area contributed by atoms with E-state index in [0.29, 0.717) is 19.3 Å². The Balaban J connectivity index is 4.38. The number of hydrogen-bond donors (Lipinski definition) is 0. The first kappa shape index (κ1) is 75.1. The molecule has 0 bridgehead atoms. The third-order valence-corrected chi connectivity index (χ3v) is 15.2.